The smallest absolute Gasteiger partial charge is 0.339 e. The molecule has 34 heavy (non-hydrogen) atoms. The quantitative estimate of drug-likeness (QED) is 0.213. The molecule has 0 aliphatic carbocycles. The third kappa shape index (κ3) is 4.09. The summed E-state index contributed by atoms with van der Waals surface area (Å²) in [6.45, 7) is 0. The van der Waals surface area contributed by atoms with Gasteiger partial charge in [-0.1, -0.05) is 17.7 Å². The molecule has 0 bridgehead atoms. The van der Waals surface area contributed by atoms with Gasteiger partial charge in [0.15, 0.2) is 5.69 Å². The van der Waals surface area contributed by atoms with Gasteiger partial charge in [-0.15, -0.1) is 0 Å². The first-order valence-electron chi connectivity index (χ1n) is 9.12. The number of halogens is 7. The zero-order chi connectivity index (χ0) is 25.0. The van der Waals surface area contributed by atoms with E-state index in [-0.39, 0.29) is 16.9 Å². The highest BCUT2D eigenvalue weighted by molar-refractivity contribution is 6.31. The summed E-state index contributed by atoms with van der Waals surface area (Å²) in [5.41, 5.74) is -5.91. The van der Waals surface area contributed by atoms with Gasteiger partial charge in [0.2, 0.25) is 0 Å². The first-order chi connectivity index (χ1) is 15.8. The molecule has 0 fully saturated rings. The summed E-state index contributed by atoms with van der Waals surface area (Å²) >= 11 is 5.59. The van der Waals surface area contributed by atoms with Gasteiger partial charge in [0.1, 0.15) is 5.65 Å². The minimum atomic E-state index is -5.12. The van der Waals surface area contributed by atoms with Gasteiger partial charge in [-0.2, -0.15) is 36.0 Å². The lowest BCUT2D eigenvalue weighted by molar-refractivity contribution is -0.384. The third-order valence-electron chi connectivity index (χ3n) is 4.83. The number of nitrogens with one attached hydrogen (secondary N) is 1. The van der Waals surface area contributed by atoms with Crippen molar-refractivity contribution in [2.75, 3.05) is 0 Å². The number of hydrogen-bond acceptors (Lipinski definition) is 4. The molecule has 4 rings (SSSR count). The molecule has 2 aromatic heterocycles. The number of nitro groups is 1. The van der Waals surface area contributed by atoms with Crippen LogP contribution in [-0.4, -0.2) is 19.5 Å². The van der Waals surface area contributed by atoms with Crippen LogP contribution in [0.15, 0.2) is 53.3 Å². The SMILES string of the molecule is O=c1cc(-c2ccc([N+](=O)[O-])cc2)[nH]c2c(-c3ccc(Cl)c(C(F)(F)F)c3)c(C(F)(F)F)nn12. The van der Waals surface area contributed by atoms with Crippen LogP contribution in [0.3, 0.4) is 0 Å². The van der Waals surface area contributed by atoms with Gasteiger partial charge in [-0.3, -0.25) is 14.9 Å². The maximum Gasteiger partial charge on any atom is 0.435 e. The lowest BCUT2D eigenvalue weighted by atomic mass is 10.0. The highest BCUT2D eigenvalue weighted by atomic mass is 35.5. The van der Waals surface area contributed by atoms with Gasteiger partial charge in [-0.05, 0) is 35.4 Å². The number of H-pyrrole nitrogens is 1. The second kappa shape index (κ2) is 7.87. The van der Waals surface area contributed by atoms with Gasteiger partial charge in [0, 0.05) is 18.2 Å². The van der Waals surface area contributed by atoms with E-state index in [9.17, 15) is 41.3 Å². The summed E-state index contributed by atoms with van der Waals surface area (Å²) in [5, 5.41) is 13.4. The maximum atomic E-state index is 13.8. The highest BCUT2D eigenvalue weighted by Crippen LogP contribution is 2.42. The largest absolute Gasteiger partial charge is 0.435 e. The Kier molecular flexibility index (Phi) is 5.39. The van der Waals surface area contributed by atoms with E-state index in [0.29, 0.717) is 10.6 Å². The van der Waals surface area contributed by atoms with Crippen LogP contribution < -0.4 is 5.56 Å². The van der Waals surface area contributed by atoms with Crippen molar-refractivity contribution in [1.82, 2.24) is 14.6 Å². The number of aromatic amines is 1. The molecule has 176 valence electrons. The summed E-state index contributed by atoms with van der Waals surface area (Å²) in [4.78, 5) is 25.3. The van der Waals surface area contributed by atoms with Crippen LogP contribution in [0.5, 0.6) is 0 Å². The van der Waals surface area contributed by atoms with E-state index in [1.807, 2.05) is 0 Å². The average molecular weight is 503 g/mol. The lowest BCUT2D eigenvalue weighted by Crippen LogP contribution is -2.15. The molecule has 0 saturated carbocycles. The molecule has 1 N–H and O–H groups in total. The number of rotatable bonds is 3. The fraction of sp³-hybridized carbons (Fsp3) is 0.100. The molecule has 14 heteroatoms. The molecule has 7 nitrogen and oxygen atoms in total. The van der Waals surface area contributed by atoms with E-state index in [4.69, 9.17) is 11.6 Å². The molecule has 0 atom stereocenters. The number of alkyl halides is 6. The van der Waals surface area contributed by atoms with Crippen LogP contribution in [0.25, 0.3) is 28.0 Å². The van der Waals surface area contributed by atoms with Gasteiger partial charge >= 0.3 is 12.4 Å². The minimum absolute atomic E-state index is 0.0349. The average Bonchev–Trinajstić information content (AvgIpc) is 3.14. The number of non-ortho nitro benzene ring substituents is 1. The van der Waals surface area contributed by atoms with Crippen LogP contribution in [-0.2, 0) is 12.4 Å². The first-order valence-corrected chi connectivity index (χ1v) is 9.50. The van der Waals surface area contributed by atoms with Gasteiger partial charge in [0.05, 0.1) is 26.8 Å². The number of benzene rings is 2. The van der Waals surface area contributed by atoms with E-state index >= 15 is 0 Å². The number of aromatic nitrogens is 3. The summed E-state index contributed by atoms with van der Waals surface area (Å²) in [5.74, 6) is 0. The fourth-order valence-corrected chi connectivity index (χ4v) is 3.55. The van der Waals surface area contributed by atoms with Crippen LogP contribution in [0.2, 0.25) is 5.02 Å². The van der Waals surface area contributed by atoms with Crippen molar-refractivity contribution in [2.24, 2.45) is 0 Å². The molecule has 0 amide bonds. The molecular formula is C20H9ClF6N4O3. The number of hydrogen-bond donors (Lipinski definition) is 1. The number of nitro benzene ring substituents is 1. The second-order valence-electron chi connectivity index (χ2n) is 7.00. The molecule has 2 heterocycles. The minimum Gasteiger partial charge on any atom is -0.339 e. The maximum absolute atomic E-state index is 13.8. The van der Waals surface area contributed by atoms with Crippen molar-refractivity contribution in [3.63, 3.8) is 0 Å². The Hall–Kier alpha value is -3.87. The van der Waals surface area contributed by atoms with Gasteiger partial charge in [-0.25, -0.2) is 0 Å². The standard InChI is InChI=1S/C20H9ClF6N4O3/c21-13-6-3-10(7-12(13)19(22,23)24)16-17(20(25,26)27)29-30-15(32)8-14(28-18(16)30)9-1-4-11(5-2-9)31(33)34/h1-8,28H. The Morgan fingerprint density at radius 2 is 1.56 bits per heavy atom. The summed E-state index contributed by atoms with van der Waals surface area (Å²) in [6, 6.07) is 7.83. The van der Waals surface area contributed by atoms with Crippen LogP contribution in [0, 0.1) is 10.1 Å². The first kappa shape index (κ1) is 23.3. The van der Waals surface area contributed by atoms with Crippen LogP contribution in [0.1, 0.15) is 11.3 Å². The van der Waals surface area contributed by atoms with Crippen molar-refractivity contribution < 1.29 is 31.3 Å². The van der Waals surface area contributed by atoms with Crippen molar-refractivity contribution in [1.29, 1.82) is 0 Å². The van der Waals surface area contributed by atoms with Crippen molar-refractivity contribution >= 4 is 22.9 Å². The van der Waals surface area contributed by atoms with E-state index in [2.05, 4.69) is 10.1 Å². The van der Waals surface area contributed by atoms with Crippen molar-refractivity contribution in [3.05, 3.63) is 85.3 Å². The topological polar surface area (TPSA) is 93.3 Å². The second-order valence-corrected chi connectivity index (χ2v) is 7.41. The Bertz CT molecular complexity index is 1490. The highest BCUT2D eigenvalue weighted by Gasteiger charge is 2.40. The molecule has 2 aromatic carbocycles. The molecule has 0 radical (unpaired) electrons. The Morgan fingerprint density at radius 3 is 2.12 bits per heavy atom. The van der Waals surface area contributed by atoms with Gasteiger partial charge < -0.3 is 4.98 Å². The van der Waals surface area contributed by atoms with E-state index in [0.717, 1.165) is 30.3 Å². The molecule has 0 saturated heterocycles. The zero-order valence-corrected chi connectivity index (χ0v) is 17.1. The van der Waals surface area contributed by atoms with Crippen molar-refractivity contribution in [3.8, 4) is 22.4 Å². The molecule has 0 aliphatic rings. The van der Waals surface area contributed by atoms with E-state index in [1.54, 1.807) is 0 Å². The predicted octanol–water partition coefficient (Wildman–Crippen LogP) is 5.96. The van der Waals surface area contributed by atoms with E-state index in [1.165, 1.54) is 12.1 Å². The molecular weight excluding hydrogens is 494 g/mol. The number of nitrogens with zero attached hydrogens (tertiary/aromatic N) is 3. The Labute approximate surface area is 189 Å². The van der Waals surface area contributed by atoms with Crippen LogP contribution in [0.4, 0.5) is 32.0 Å². The molecule has 0 unspecified atom stereocenters. The lowest BCUT2D eigenvalue weighted by Gasteiger charge is -2.12. The molecule has 4 aromatic rings. The molecule has 0 spiro atoms. The summed E-state index contributed by atoms with van der Waals surface area (Å²) in [7, 11) is 0. The van der Waals surface area contributed by atoms with Crippen molar-refractivity contribution in [2.45, 2.75) is 12.4 Å². The Morgan fingerprint density at radius 1 is 0.941 bits per heavy atom. The van der Waals surface area contributed by atoms with E-state index < -0.39 is 55.9 Å². The monoisotopic (exact) mass is 502 g/mol. The zero-order valence-electron chi connectivity index (χ0n) is 16.3. The summed E-state index contributed by atoms with van der Waals surface area (Å²) < 4.78 is 81.6. The number of fused-ring (bicyclic) bond motifs is 1. The van der Waals surface area contributed by atoms with Gasteiger partial charge in [0.25, 0.3) is 11.2 Å². The normalized spacial score (nSPS) is 12.3. The predicted molar refractivity (Wildman–Crippen MR) is 108 cm³/mol. The fourth-order valence-electron chi connectivity index (χ4n) is 3.33. The summed E-state index contributed by atoms with van der Waals surface area (Å²) in [6.07, 6.45) is -10.1. The molecule has 0 aliphatic heterocycles. The van der Waals surface area contributed by atoms with Crippen LogP contribution >= 0.6 is 11.6 Å². The third-order valence-corrected chi connectivity index (χ3v) is 5.16. The Balaban J connectivity index is 2.02.